The van der Waals surface area contributed by atoms with Crippen LogP contribution in [0.15, 0.2) is 65.6 Å². The van der Waals surface area contributed by atoms with Gasteiger partial charge in [-0.15, -0.1) is 0 Å². The molecule has 0 saturated carbocycles. The maximum absolute atomic E-state index is 12.6. The Bertz CT molecular complexity index is 1170. The van der Waals surface area contributed by atoms with Gasteiger partial charge < -0.3 is 5.32 Å². The fourth-order valence-corrected chi connectivity index (χ4v) is 3.99. The van der Waals surface area contributed by atoms with E-state index in [0.29, 0.717) is 11.3 Å². The minimum absolute atomic E-state index is 0.206. The Labute approximate surface area is 171 Å². The van der Waals surface area contributed by atoms with Crippen LogP contribution in [0.5, 0.6) is 0 Å². The van der Waals surface area contributed by atoms with Crippen LogP contribution >= 0.6 is 0 Å². The molecule has 0 unspecified atom stereocenters. The van der Waals surface area contributed by atoms with E-state index in [1.54, 1.807) is 42.5 Å². The van der Waals surface area contributed by atoms with E-state index >= 15 is 0 Å². The topological polar surface area (TPSA) is 75.3 Å². The minimum atomic E-state index is -3.70. The molecule has 0 atom stereocenters. The van der Waals surface area contributed by atoms with E-state index in [9.17, 15) is 13.2 Å². The molecule has 0 aromatic heterocycles. The van der Waals surface area contributed by atoms with E-state index < -0.39 is 10.0 Å². The molecule has 3 aromatic carbocycles. The van der Waals surface area contributed by atoms with Crippen molar-refractivity contribution in [3.8, 4) is 0 Å². The van der Waals surface area contributed by atoms with Crippen LogP contribution in [0.1, 0.15) is 32.6 Å². The summed E-state index contributed by atoms with van der Waals surface area (Å²) >= 11 is 0. The number of amides is 1. The van der Waals surface area contributed by atoms with Crippen molar-refractivity contribution in [2.24, 2.45) is 0 Å². The van der Waals surface area contributed by atoms with Gasteiger partial charge in [-0.3, -0.25) is 9.52 Å². The number of benzene rings is 3. The van der Waals surface area contributed by atoms with Crippen LogP contribution in [0.2, 0.25) is 0 Å². The molecular weight excluding hydrogens is 384 g/mol. The number of hydrogen-bond donors (Lipinski definition) is 2. The summed E-state index contributed by atoms with van der Waals surface area (Å²) < 4.78 is 27.8. The molecule has 3 rings (SSSR count). The Morgan fingerprint density at radius 3 is 2.07 bits per heavy atom. The molecule has 2 N–H and O–H groups in total. The fraction of sp³-hybridized carbons (Fsp3) is 0.174. The number of carbonyl (C=O) groups is 1. The standard InChI is InChI=1S/C23H24N2O3S/c1-15-5-6-17(3)22(13-15)24-23(26)19-8-10-20(11-9-19)25-29(27,28)21-12-7-16(2)18(4)14-21/h5-14,25H,1-4H3,(H,24,26). The SMILES string of the molecule is Cc1ccc(C)c(NC(=O)c2ccc(NS(=O)(=O)c3ccc(C)c(C)c3)cc2)c1. The van der Waals surface area contributed by atoms with Crippen molar-refractivity contribution in [3.63, 3.8) is 0 Å². The van der Waals surface area contributed by atoms with E-state index in [4.69, 9.17) is 0 Å². The lowest BCUT2D eigenvalue weighted by molar-refractivity contribution is 0.102. The number of carbonyl (C=O) groups excluding carboxylic acids is 1. The second-order valence-electron chi connectivity index (χ2n) is 7.20. The first-order valence-electron chi connectivity index (χ1n) is 9.24. The van der Waals surface area contributed by atoms with Crippen LogP contribution < -0.4 is 10.0 Å². The molecule has 0 spiro atoms. The van der Waals surface area contributed by atoms with Gasteiger partial charge in [0.25, 0.3) is 15.9 Å². The van der Waals surface area contributed by atoms with Crippen LogP contribution in [0.25, 0.3) is 0 Å². The molecule has 0 heterocycles. The molecule has 0 aliphatic rings. The first kappa shape index (κ1) is 20.6. The van der Waals surface area contributed by atoms with Gasteiger partial charge in [-0.05, 0) is 92.4 Å². The average molecular weight is 409 g/mol. The minimum Gasteiger partial charge on any atom is -0.322 e. The normalized spacial score (nSPS) is 11.2. The average Bonchev–Trinajstić information content (AvgIpc) is 2.67. The number of rotatable bonds is 5. The number of nitrogens with one attached hydrogen (secondary N) is 2. The van der Waals surface area contributed by atoms with Gasteiger partial charge in [0.2, 0.25) is 0 Å². The zero-order chi connectivity index (χ0) is 21.2. The third-order valence-corrected chi connectivity index (χ3v) is 6.21. The zero-order valence-electron chi connectivity index (χ0n) is 16.9. The van der Waals surface area contributed by atoms with Crippen molar-refractivity contribution in [3.05, 3.63) is 88.5 Å². The summed E-state index contributed by atoms with van der Waals surface area (Å²) in [6, 6.07) is 17.2. The molecule has 0 bridgehead atoms. The molecule has 6 heteroatoms. The van der Waals surface area contributed by atoms with Crippen molar-refractivity contribution in [1.82, 2.24) is 0 Å². The predicted octanol–water partition coefficient (Wildman–Crippen LogP) is 4.97. The summed E-state index contributed by atoms with van der Waals surface area (Å²) in [5, 5.41) is 2.89. The Morgan fingerprint density at radius 1 is 0.759 bits per heavy atom. The number of anilines is 2. The molecule has 0 fully saturated rings. The lowest BCUT2D eigenvalue weighted by atomic mass is 10.1. The van der Waals surface area contributed by atoms with Gasteiger partial charge in [0, 0.05) is 16.9 Å². The summed E-state index contributed by atoms with van der Waals surface area (Å²) in [5.74, 6) is -0.248. The monoisotopic (exact) mass is 408 g/mol. The first-order chi connectivity index (χ1) is 13.7. The smallest absolute Gasteiger partial charge is 0.261 e. The largest absolute Gasteiger partial charge is 0.322 e. The zero-order valence-corrected chi connectivity index (χ0v) is 17.7. The Morgan fingerprint density at radius 2 is 1.41 bits per heavy atom. The maximum atomic E-state index is 12.6. The Balaban J connectivity index is 1.75. The molecule has 150 valence electrons. The van der Waals surface area contributed by atoms with Gasteiger partial charge in [-0.1, -0.05) is 18.2 Å². The van der Waals surface area contributed by atoms with E-state index in [1.165, 1.54) is 0 Å². The maximum Gasteiger partial charge on any atom is 0.261 e. The van der Waals surface area contributed by atoms with Crippen LogP contribution in [0, 0.1) is 27.7 Å². The summed E-state index contributed by atoms with van der Waals surface area (Å²) in [4.78, 5) is 12.7. The molecule has 0 saturated heterocycles. The van der Waals surface area contributed by atoms with Gasteiger partial charge in [0.05, 0.1) is 4.90 Å². The lowest BCUT2D eigenvalue weighted by Crippen LogP contribution is -2.15. The molecule has 0 aliphatic carbocycles. The van der Waals surface area contributed by atoms with Crippen LogP contribution in [-0.4, -0.2) is 14.3 Å². The molecule has 0 aliphatic heterocycles. The molecule has 29 heavy (non-hydrogen) atoms. The van der Waals surface area contributed by atoms with E-state index in [1.807, 2.05) is 45.9 Å². The lowest BCUT2D eigenvalue weighted by Gasteiger charge is -2.11. The quantitative estimate of drug-likeness (QED) is 0.626. The van der Waals surface area contributed by atoms with Crippen molar-refractivity contribution < 1.29 is 13.2 Å². The van der Waals surface area contributed by atoms with Gasteiger partial charge in [0.15, 0.2) is 0 Å². The number of sulfonamides is 1. The van der Waals surface area contributed by atoms with Crippen molar-refractivity contribution in [2.45, 2.75) is 32.6 Å². The van der Waals surface area contributed by atoms with Gasteiger partial charge >= 0.3 is 0 Å². The molecular formula is C23H24N2O3S. The second kappa shape index (κ2) is 8.09. The molecule has 1 amide bonds. The van der Waals surface area contributed by atoms with E-state index in [0.717, 1.165) is 27.9 Å². The van der Waals surface area contributed by atoms with Crippen molar-refractivity contribution in [2.75, 3.05) is 10.0 Å². The highest BCUT2D eigenvalue weighted by molar-refractivity contribution is 7.92. The van der Waals surface area contributed by atoms with Gasteiger partial charge in [-0.2, -0.15) is 0 Å². The van der Waals surface area contributed by atoms with E-state index in [-0.39, 0.29) is 10.8 Å². The Kier molecular flexibility index (Phi) is 5.75. The highest BCUT2D eigenvalue weighted by atomic mass is 32.2. The van der Waals surface area contributed by atoms with Gasteiger partial charge in [0.1, 0.15) is 0 Å². The third kappa shape index (κ3) is 4.84. The highest BCUT2D eigenvalue weighted by Gasteiger charge is 2.15. The molecule has 0 radical (unpaired) electrons. The second-order valence-corrected chi connectivity index (χ2v) is 8.88. The predicted molar refractivity (Wildman–Crippen MR) is 117 cm³/mol. The molecule has 3 aromatic rings. The Hall–Kier alpha value is -3.12. The summed E-state index contributed by atoms with van der Waals surface area (Å²) in [5.41, 5.74) is 5.57. The molecule has 5 nitrogen and oxygen atoms in total. The van der Waals surface area contributed by atoms with Crippen molar-refractivity contribution in [1.29, 1.82) is 0 Å². The summed E-state index contributed by atoms with van der Waals surface area (Å²) in [7, 11) is -3.70. The summed E-state index contributed by atoms with van der Waals surface area (Å²) in [6.07, 6.45) is 0. The van der Waals surface area contributed by atoms with Gasteiger partial charge in [-0.25, -0.2) is 8.42 Å². The van der Waals surface area contributed by atoms with E-state index in [2.05, 4.69) is 10.0 Å². The number of aryl methyl sites for hydroxylation is 4. The number of hydrogen-bond acceptors (Lipinski definition) is 3. The third-order valence-electron chi connectivity index (χ3n) is 4.83. The summed E-state index contributed by atoms with van der Waals surface area (Å²) in [6.45, 7) is 7.70. The first-order valence-corrected chi connectivity index (χ1v) is 10.7. The fourth-order valence-electron chi connectivity index (χ4n) is 2.85. The van der Waals surface area contributed by atoms with Crippen LogP contribution in [0.3, 0.4) is 0 Å². The highest BCUT2D eigenvalue weighted by Crippen LogP contribution is 2.21. The van der Waals surface area contributed by atoms with Crippen LogP contribution in [-0.2, 0) is 10.0 Å². The van der Waals surface area contributed by atoms with Crippen LogP contribution in [0.4, 0.5) is 11.4 Å². The van der Waals surface area contributed by atoms with Crippen molar-refractivity contribution >= 4 is 27.3 Å².